The number of methoxy groups -OCH3 is 1. The molecule has 0 radical (unpaired) electrons. The van der Waals surface area contributed by atoms with Crippen LogP contribution in [0.15, 0.2) is 91.5 Å². The molecular formula is C24H18N4O. The minimum atomic E-state index is 0.602. The summed E-state index contributed by atoms with van der Waals surface area (Å²) in [5, 5.41) is 0. The third-order valence-corrected chi connectivity index (χ3v) is 4.91. The molecule has 4 aromatic heterocycles. The Balaban J connectivity index is 1.58. The summed E-state index contributed by atoms with van der Waals surface area (Å²) in [5.41, 5.74) is 6.93. The first-order valence-corrected chi connectivity index (χ1v) is 9.32. The van der Waals surface area contributed by atoms with Crippen LogP contribution < -0.4 is 4.74 Å². The molecule has 0 aliphatic heterocycles. The van der Waals surface area contributed by atoms with Gasteiger partial charge in [0.15, 0.2) is 0 Å². The number of ether oxygens (including phenoxy) is 1. The highest BCUT2D eigenvalue weighted by molar-refractivity contribution is 5.74. The molecule has 5 rings (SSSR count). The highest BCUT2D eigenvalue weighted by atomic mass is 16.5. The number of rotatable bonds is 4. The van der Waals surface area contributed by atoms with Crippen LogP contribution in [0, 0.1) is 0 Å². The van der Waals surface area contributed by atoms with Gasteiger partial charge in [0.25, 0.3) is 0 Å². The fraction of sp³-hybridized carbons (Fsp3) is 0.0417. The van der Waals surface area contributed by atoms with Crippen LogP contribution in [0.2, 0.25) is 0 Å². The topological polar surface area (TPSA) is 52.3 Å². The zero-order valence-corrected chi connectivity index (χ0v) is 15.9. The zero-order chi connectivity index (χ0) is 19.6. The molecule has 0 N–H and O–H groups in total. The van der Waals surface area contributed by atoms with Crippen molar-refractivity contribution in [2.45, 2.75) is 0 Å². The number of fused-ring (bicyclic) bond motifs is 1. The third-order valence-electron chi connectivity index (χ3n) is 4.91. The van der Waals surface area contributed by atoms with Gasteiger partial charge in [-0.2, -0.15) is 0 Å². The van der Waals surface area contributed by atoms with E-state index in [1.165, 1.54) is 0 Å². The Hall–Kier alpha value is -3.99. The van der Waals surface area contributed by atoms with E-state index in [0.29, 0.717) is 5.88 Å². The molecule has 5 aromatic rings. The molecule has 0 unspecified atom stereocenters. The van der Waals surface area contributed by atoms with Crippen LogP contribution >= 0.6 is 0 Å². The third kappa shape index (κ3) is 3.12. The number of hydrogen-bond acceptors (Lipinski definition) is 4. The average molecular weight is 378 g/mol. The zero-order valence-electron chi connectivity index (χ0n) is 15.9. The maximum atomic E-state index is 5.40. The van der Waals surface area contributed by atoms with E-state index >= 15 is 0 Å². The molecular weight excluding hydrogens is 360 g/mol. The summed E-state index contributed by atoms with van der Waals surface area (Å²) in [6.07, 6.45) is 7.49. The molecule has 0 aliphatic carbocycles. The number of benzene rings is 1. The number of hydrogen-bond donors (Lipinski definition) is 0. The van der Waals surface area contributed by atoms with Gasteiger partial charge in [-0.15, -0.1) is 0 Å². The van der Waals surface area contributed by atoms with E-state index in [4.69, 9.17) is 4.74 Å². The van der Waals surface area contributed by atoms with Gasteiger partial charge in [-0.25, -0.2) is 9.97 Å². The Morgan fingerprint density at radius 2 is 1.66 bits per heavy atom. The fourth-order valence-corrected chi connectivity index (χ4v) is 3.49. The molecule has 0 atom stereocenters. The number of aromatic nitrogens is 4. The van der Waals surface area contributed by atoms with Crippen LogP contribution in [-0.4, -0.2) is 26.5 Å². The monoisotopic (exact) mass is 378 g/mol. The lowest BCUT2D eigenvalue weighted by molar-refractivity contribution is 0.399. The second-order valence-corrected chi connectivity index (χ2v) is 6.64. The summed E-state index contributed by atoms with van der Waals surface area (Å²) in [7, 11) is 1.63. The molecule has 0 amide bonds. The molecule has 0 bridgehead atoms. The van der Waals surface area contributed by atoms with Gasteiger partial charge >= 0.3 is 0 Å². The van der Waals surface area contributed by atoms with E-state index in [0.717, 1.165) is 39.3 Å². The van der Waals surface area contributed by atoms with Crippen molar-refractivity contribution in [2.24, 2.45) is 0 Å². The van der Waals surface area contributed by atoms with E-state index in [1.54, 1.807) is 13.3 Å². The van der Waals surface area contributed by atoms with Gasteiger partial charge in [0.2, 0.25) is 5.88 Å². The highest BCUT2D eigenvalue weighted by Gasteiger charge is 2.11. The minimum Gasteiger partial charge on any atom is -0.481 e. The maximum Gasteiger partial charge on any atom is 0.221 e. The first-order valence-electron chi connectivity index (χ1n) is 9.32. The van der Waals surface area contributed by atoms with Gasteiger partial charge in [0, 0.05) is 35.3 Å². The largest absolute Gasteiger partial charge is 0.481 e. The van der Waals surface area contributed by atoms with Gasteiger partial charge in [-0.05, 0) is 42.0 Å². The normalized spacial score (nSPS) is 10.9. The van der Waals surface area contributed by atoms with Crippen LogP contribution in [0.1, 0.15) is 0 Å². The van der Waals surface area contributed by atoms with E-state index in [-0.39, 0.29) is 0 Å². The summed E-state index contributed by atoms with van der Waals surface area (Å²) in [5.74, 6) is 0.602. The molecule has 1 aromatic carbocycles. The summed E-state index contributed by atoms with van der Waals surface area (Å²) in [4.78, 5) is 13.4. The first-order chi connectivity index (χ1) is 14.3. The molecule has 29 heavy (non-hydrogen) atoms. The summed E-state index contributed by atoms with van der Waals surface area (Å²) in [6, 6.07) is 22.3. The smallest absolute Gasteiger partial charge is 0.221 e. The van der Waals surface area contributed by atoms with Gasteiger partial charge in [-0.1, -0.05) is 30.3 Å². The predicted molar refractivity (Wildman–Crippen MR) is 114 cm³/mol. The SMILES string of the molecule is COc1ncccc1-c1ccn2c(-c3ccnc(-c4ccccc4)c3)cnc2c1. The molecule has 0 spiro atoms. The molecule has 4 heterocycles. The Labute approximate surface area is 168 Å². The molecule has 0 saturated carbocycles. The lowest BCUT2D eigenvalue weighted by Crippen LogP contribution is -1.93. The standard InChI is InChI=1S/C24H18N4O/c1-29-24-20(8-5-11-26-24)18-10-13-28-22(16-27-23(28)15-18)19-9-12-25-21(14-19)17-6-3-2-4-7-17/h2-16H,1H3. The Morgan fingerprint density at radius 3 is 2.52 bits per heavy atom. The molecule has 0 saturated heterocycles. The summed E-state index contributed by atoms with van der Waals surface area (Å²) in [6.45, 7) is 0. The van der Waals surface area contributed by atoms with E-state index < -0.39 is 0 Å². The summed E-state index contributed by atoms with van der Waals surface area (Å²) < 4.78 is 7.48. The van der Waals surface area contributed by atoms with Crippen LogP contribution in [0.4, 0.5) is 0 Å². The average Bonchev–Trinajstić information content (AvgIpc) is 3.23. The van der Waals surface area contributed by atoms with E-state index in [9.17, 15) is 0 Å². The Morgan fingerprint density at radius 1 is 0.759 bits per heavy atom. The Kier molecular flexibility index (Phi) is 4.26. The number of pyridine rings is 3. The van der Waals surface area contributed by atoms with Crippen LogP contribution in [0.25, 0.3) is 39.3 Å². The first kappa shape index (κ1) is 17.1. The van der Waals surface area contributed by atoms with Crippen molar-refractivity contribution in [1.82, 2.24) is 19.4 Å². The van der Waals surface area contributed by atoms with Crippen molar-refractivity contribution >= 4 is 5.65 Å². The second kappa shape index (κ2) is 7.20. The molecule has 0 fully saturated rings. The van der Waals surface area contributed by atoms with Gasteiger partial charge < -0.3 is 4.74 Å². The number of nitrogens with zero attached hydrogens (tertiary/aromatic N) is 4. The molecule has 140 valence electrons. The van der Waals surface area contributed by atoms with Gasteiger partial charge in [0.1, 0.15) is 5.65 Å². The predicted octanol–water partition coefficient (Wildman–Crippen LogP) is 5.13. The van der Waals surface area contributed by atoms with Gasteiger partial charge in [0.05, 0.1) is 24.7 Å². The molecule has 5 nitrogen and oxygen atoms in total. The lowest BCUT2D eigenvalue weighted by atomic mass is 10.1. The molecule has 5 heteroatoms. The van der Waals surface area contributed by atoms with Crippen molar-refractivity contribution in [3.05, 3.63) is 91.5 Å². The summed E-state index contributed by atoms with van der Waals surface area (Å²) >= 11 is 0. The maximum absolute atomic E-state index is 5.40. The van der Waals surface area contributed by atoms with Crippen molar-refractivity contribution in [3.63, 3.8) is 0 Å². The van der Waals surface area contributed by atoms with Crippen LogP contribution in [0.3, 0.4) is 0 Å². The fourth-order valence-electron chi connectivity index (χ4n) is 3.49. The van der Waals surface area contributed by atoms with Gasteiger partial charge in [-0.3, -0.25) is 9.38 Å². The van der Waals surface area contributed by atoms with Crippen molar-refractivity contribution in [1.29, 1.82) is 0 Å². The van der Waals surface area contributed by atoms with Crippen molar-refractivity contribution in [3.8, 4) is 39.5 Å². The van der Waals surface area contributed by atoms with Crippen molar-refractivity contribution < 1.29 is 4.74 Å². The van der Waals surface area contributed by atoms with E-state index in [2.05, 4.69) is 43.6 Å². The van der Waals surface area contributed by atoms with Crippen LogP contribution in [-0.2, 0) is 0 Å². The molecule has 0 aliphatic rings. The quantitative estimate of drug-likeness (QED) is 0.435. The lowest BCUT2D eigenvalue weighted by Gasteiger charge is -2.08. The number of imidazole rings is 1. The Bertz CT molecular complexity index is 1290. The van der Waals surface area contributed by atoms with Crippen molar-refractivity contribution in [2.75, 3.05) is 7.11 Å². The highest BCUT2D eigenvalue weighted by Crippen LogP contribution is 2.30. The minimum absolute atomic E-state index is 0.602. The van der Waals surface area contributed by atoms with E-state index in [1.807, 2.05) is 61.1 Å². The second-order valence-electron chi connectivity index (χ2n) is 6.64. The van der Waals surface area contributed by atoms with Crippen LogP contribution in [0.5, 0.6) is 5.88 Å².